The first kappa shape index (κ1) is 8.17. The van der Waals surface area contributed by atoms with Gasteiger partial charge in [0.1, 0.15) is 11.4 Å². The molecule has 15 heavy (non-hydrogen) atoms. The molecular formula is C12H8N2O. The Hall–Kier alpha value is -2.16. The quantitative estimate of drug-likeness (QED) is 0.638. The van der Waals surface area contributed by atoms with Gasteiger partial charge in [0.2, 0.25) is 0 Å². The van der Waals surface area contributed by atoms with Crippen molar-refractivity contribution in [1.82, 2.24) is 4.98 Å². The predicted molar refractivity (Wildman–Crippen MR) is 58.6 cm³/mol. The van der Waals surface area contributed by atoms with Crippen LogP contribution >= 0.6 is 0 Å². The molecule has 0 fully saturated rings. The van der Waals surface area contributed by atoms with Crippen LogP contribution in [0.1, 0.15) is 5.69 Å². The Balaban J connectivity index is 2.17. The summed E-state index contributed by atoms with van der Waals surface area (Å²) in [6.45, 7) is 0. The number of nitrogens with zero attached hydrogens (tertiary/aromatic N) is 2. The number of fused-ring (bicyclic) bond motifs is 2. The van der Waals surface area contributed by atoms with Gasteiger partial charge in [-0.1, -0.05) is 6.08 Å². The van der Waals surface area contributed by atoms with Crippen molar-refractivity contribution in [1.29, 1.82) is 0 Å². The van der Waals surface area contributed by atoms with Gasteiger partial charge >= 0.3 is 0 Å². The average molecular weight is 196 g/mol. The molecule has 0 saturated carbocycles. The normalized spacial score (nSPS) is 16.8. The lowest BCUT2D eigenvalue weighted by atomic mass is 10.2. The van der Waals surface area contributed by atoms with Crippen LogP contribution in [-0.4, -0.2) is 11.2 Å². The SMILES string of the molecule is C1=CC=C2Oc3cccnc3C=C2N=C1. The van der Waals surface area contributed by atoms with E-state index in [0.717, 1.165) is 22.9 Å². The van der Waals surface area contributed by atoms with Gasteiger partial charge in [-0.05, 0) is 30.4 Å². The summed E-state index contributed by atoms with van der Waals surface area (Å²) >= 11 is 0. The number of aromatic nitrogens is 1. The Morgan fingerprint density at radius 2 is 2.20 bits per heavy atom. The van der Waals surface area contributed by atoms with E-state index in [0.29, 0.717) is 0 Å². The molecule has 1 aromatic rings. The molecule has 0 spiro atoms. The van der Waals surface area contributed by atoms with E-state index in [-0.39, 0.29) is 0 Å². The highest BCUT2D eigenvalue weighted by Crippen LogP contribution is 2.30. The van der Waals surface area contributed by atoms with Crippen LogP contribution in [0.3, 0.4) is 0 Å². The Labute approximate surface area is 87.1 Å². The van der Waals surface area contributed by atoms with Crippen LogP contribution in [0, 0.1) is 0 Å². The van der Waals surface area contributed by atoms with Gasteiger partial charge in [0.25, 0.3) is 0 Å². The fraction of sp³-hybridized carbons (Fsp3) is 0. The standard InChI is InChI=1S/C12H8N2O/c1-2-6-13-9-8-10-12(5-3-7-14-10)15-11(9)4-1/h1-8H. The molecule has 0 saturated heterocycles. The molecule has 0 atom stereocenters. The van der Waals surface area contributed by atoms with Crippen molar-refractivity contribution in [2.45, 2.75) is 0 Å². The molecule has 3 heterocycles. The first-order chi connectivity index (χ1) is 7.43. The fourth-order valence-electron chi connectivity index (χ4n) is 1.51. The van der Waals surface area contributed by atoms with Gasteiger partial charge in [-0.15, -0.1) is 0 Å². The van der Waals surface area contributed by atoms with Crippen LogP contribution in [0.25, 0.3) is 6.08 Å². The molecular weight excluding hydrogens is 188 g/mol. The number of ether oxygens (including phenoxy) is 1. The van der Waals surface area contributed by atoms with Crippen molar-refractivity contribution in [3.63, 3.8) is 0 Å². The summed E-state index contributed by atoms with van der Waals surface area (Å²) in [5.41, 5.74) is 1.63. The molecule has 1 aromatic heterocycles. The van der Waals surface area contributed by atoms with E-state index in [4.69, 9.17) is 4.74 Å². The van der Waals surface area contributed by atoms with Crippen LogP contribution in [-0.2, 0) is 0 Å². The largest absolute Gasteiger partial charge is 0.453 e. The van der Waals surface area contributed by atoms with E-state index in [9.17, 15) is 0 Å². The summed E-state index contributed by atoms with van der Waals surface area (Å²) < 4.78 is 5.68. The summed E-state index contributed by atoms with van der Waals surface area (Å²) in [6, 6.07) is 3.75. The van der Waals surface area contributed by atoms with Crippen LogP contribution in [0.2, 0.25) is 0 Å². The van der Waals surface area contributed by atoms with Crippen LogP contribution in [0.15, 0.2) is 53.0 Å². The first-order valence-corrected chi connectivity index (χ1v) is 4.69. The lowest BCUT2D eigenvalue weighted by Crippen LogP contribution is -2.04. The number of hydrogen-bond acceptors (Lipinski definition) is 3. The van der Waals surface area contributed by atoms with Gasteiger partial charge in [0.15, 0.2) is 11.5 Å². The third kappa shape index (κ3) is 1.38. The first-order valence-electron chi connectivity index (χ1n) is 4.69. The van der Waals surface area contributed by atoms with E-state index in [1.54, 1.807) is 12.4 Å². The highest BCUT2D eigenvalue weighted by Gasteiger charge is 2.16. The number of rotatable bonds is 0. The number of aliphatic imine (C=N–C) groups is 1. The zero-order valence-corrected chi connectivity index (χ0v) is 7.92. The molecule has 0 aromatic carbocycles. The van der Waals surface area contributed by atoms with E-state index < -0.39 is 0 Å². The minimum Gasteiger partial charge on any atom is -0.453 e. The van der Waals surface area contributed by atoms with Gasteiger partial charge < -0.3 is 4.74 Å². The minimum atomic E-state index is 0.764. The molecule has 72 valence electrons. The van der Waals surface area contributed by atoms with Crippen LogP contribution < -0.4 is 4.74 Å². The predicted octanol–water partition coefficient (Wildman–Crippen LogP) is 2.34. The molecule has 3 rings (SSSR count). The molecule has 0 unspecified atom stereocenters. The van der Waals surface area contributed by atoms with Crippen molar-refractivity contribution >= 4 is 12.3 Å². The summed E-state index contributed by atoms with van der Waals surface area (Å²) in [4.78, 5) is 8.48. The van der Waals surface area contributed by atoms with Crippen molar-refractivity contribution in [2.24, 2.45) is 4.99 Å². The minimum absolute atomic E-state index is 0.764. The summed E-state index contributed by atoms with van der Waals surface area (Å²) in [6.07, 6.45) is 11.1. The van der Waals surface area contributed by atoms with Crippen molar-refractivity contribution in [2.75, 3.05) is 0 Å². The molecule has 0 radical (unpaired) electrons. The second-order valence-corrected chi connectivity index (χ2v) is 3.21. The van der Waals surface area contributed by atoms with E-state index in [2.05, 4.69) is 9.98 Å². The zero-order chi connectivity index (χ0) is 10.1. The molecule has 3 nitrogen and oxygen atoms in total. The smallest absolute Gasteiger partial charge is 0.153 e. The molecule has 2 aliphatic rings. The van der Waals surface area contributed by atoms with Crippen LogP contribution in [0.5, 0.6) is 5.75 Å². The maximum atomic E-state index is 5.68. The number of allylic oxidation sites excluding steroid dienone is 3. The Kier molecular flexibility index (Phi) is 1.75. The highest BCUT2D eigenvalue weighted by molar-refractivity contribution is 5.77. The van der Waals surface area contributed by atoms with Crippen LogP contribution in [0.4, 0.5) is 0 Å². The third-order valence-corrected chi connectivity index (χ3v) is 2.20. The maximum absolute atomic E-state index is 5.68. The molecule has 0 aliphatic carbocycles. The van der Waals surface area contributed by atoms with E-state index in [1.165, 1.54) is 0 Å². The van der Waals surface area contributed by atoms with Crippen molar-refractivity contribution in [3.8, 4) is 5.75 Å². The average Bonchev–Trinajstić information content (AvgIpc) is 2.50. The van der Waals surface area contributed by atoms with Gasteiger partial charge in [-0.25, -0.2) is 0 Å². The Bertz CT molecular complexity index is 524. The Morgan fingerprint density at radius 3 is 3.20 bits per heavy atom. The topological polar surface area (TPSA) is 34.5 Å². The zero-order valence-electron chi connectivity index (χ0n) is 7.92. The molecule has 3 heteroatoms. The van der Waals surface area contributed by atoms with E-state index in [1.807, 2.05) is 36.4 Å². The summed E-state index contributed by atoms with van der Waals surface area (Å²) in [5, 5.41) is 0. The van der Waals surface area contributed by atoms with Crippen molar-refractivity contribution < 1.29 is 4.74 Å². The lowest BCUT2D eigenvalue weighted by Gasteiger charge is -2.16. The number of hydrogen-bond donors (Lipinski definition) is 0. The van der Waals surface area contributed by atoms with Gasteiger partial charge in [-0.3, -0.25) is 9.98 Å². The van der Waals surface area contributed by atoms with Gasteiger partial charge in [0, 0.05) is 12.4 Å². The monoisotopic (exact) mass is 196 g/mol. The summed E-state index contributed by atoms with van der Waals surface area (Å²) in [7, 11) is 0. The lowest BCUT2D eigenvalue weighted by molar-refractivity contribution is 0.428. The third-order valence-electron chi connectivity index (χ3n) is 2.20. The summed E-state index contributed by atoms with van der Waals surface area (Å²) in [5.74, 6) is 1.54. The fourth-order valence-corrected chi connectivity index (χ4v) is 1.51. The second kappa shape index (κ2) is 3.20. The van der Waals surface area contributed by atoms with Gasteiger partial charge in [0.05, 0.1) is 0 Å². The van der Waals surface area contributed by atoms with E-state index >= 15 is 0 Å². The molecule has 0 N–H and O–H groups in total. The maximum Gasteiger partial charge on any atom is 0.153 e. The van der Waals surface area contributed by atoms with Gasteiger partial charge in [-0.2, -0.15) is 0 Å². The van der Waals surface area contributed by atoms with Crippen molar-refractivity contribution in [3.05, 3.63) is 53.7 Å². The molecule has 0 amide bonds. The highest BCUT2D eigenvalue weighted by atomic mass is 16.5. The molecule has 2 aliphatic heterocycles. The molecule has 0 bridgehead atoms. The number of pyridine rings is 1. The second-order valence-electron chi connectivity index (χ2n) is 3.21. The Morgan fingerprint density at radius 1 is 1.20 bits per heavy atom.